The Labute approximate surface area is 206 Å². The zero-order chi connectivity index (χ0) is 22.4. The summed E-state index contributed by atoms with van der Waals surface area (Å²) in [7, 11) is 0. The van der Waals surface area contributed by atoms with Gasteiger partial charge in [0.1, 0.15) is 36.9 Å². The van der Waals surface area contributed by atoms with Crippen LogP contribution in [0.15, 0.2) is 84.9 Å². The summed E-state index contributed by atoms with van der Waals surface area (Å²) < 4.78 is 20.8. The van der Waals surface area contributed by atoms with Crippen molar-refractivity contribution < 1.29 is 18.9 Å². The largest absolute Gasteiger partial charge is 0.491 e. The van der Waals surface area contributed by atoms with Gasteiger partial charge >= 0.3 is 0 Å². The second-order valence-electron chi connectivity index (χ2n) is 7.68. The van der Waals surface area contributed by atoms with Gasteiger partial charge in [-0.1, -0.05) is 89.4 Å². The molecule has 2 aliphatic rings. The van der Waals surface area contributed by atoms with Crippen molar-refractivity contribution in [1.82, 2.24) is 0 Å². The van der Waals surface area contributed by atoms with E-state index in [1.807, 2.05) is 60.7 Å². The highest BCUT2D eigenvalue weighted by Crippen LogP contribution is 2.14. The number of aryl methyl sites for hydroxylation is 2. The summed E-state index contributed by atoms with van der Waals surface area (Å²) in [5.41, 5.74) is 2.86. The number of para-hydroxylation sites is 2. The third-order valence-corrected chi connectivity index (χ3v) is 5.00. The first-order valence-corrected chi connectivity index (χ1v) is 11.4. The second-order valence-corrected chi connectivity index (χ2v) is 7.68. The van der Waals surface area contributed by atoms with E-state index in [-0.39, 0.29) is 14.9 Å². The van der Waals surface area contributed by atoms with Gasteiger partial charge in [0.25, 0.3) is 0 Å². The van der Waals surface area contributed by atoms with Crippen LogP contribution in [0.3, 0.4) is 0 Å². The molecular weight excluding hydrogens is 424 g/mol. The van der Waals surface area contributed by atoms with Gasteiger partial charge in [-0.3, -0.25) is 0 Å². The topological polar surface area (TPSA) is 43.5 Å². The normalized spacial score (nSPS) is 16.6. The molecule has 0 bridgehead atoms. The summed E-state index contributed by atoms with van der Waals surface area (Å²) in [6.07, 6.45) is 2.97. The van der Waals surface area contributed by atoms with Crippen molar-refractivity contribution in [3.63, 3.8) is 0 Å². The van der Waals surface area contributed by atoms with Crippen LogP contribution in [0.5, 0.6) is 11.5 Å². The van der Waals surface area contributed by atoms with Crippen LogP contribution in [0, 0.1) is 0 Å². The average molecular weight is 467 g/mol. The van der Waals surface area contributed by atoms with Gasteiger partial charge in [0.15, 0.2) is 0 Å². The van der Waals surface area contributed by atoms with Crippen molar-refractivity contribution in [2.75, 3.05) is 26.4 Å². The Morgan fingerprint density at radius 3 is 1.18 bits per heavy atom. The molecule has 186 valence electrons. The van der Waals surface area contributed by atoms with Gasteiger partial charge in [-0.2, -0.15) is 0 Å². The van der Waals surface area contributed by atoms with Gasteiger partial charge < -0.3 is 18.9 Å². The number of epoxide rings is 2. The summed E-state index contributed by atoms with van der Waals surface area (Å²) in [5, 5.41) is 0. The van der Waals surface area contributed by atoms with Gasteiger partial charge in [0.05, 0.1) is 13.2 Å². The molecule has 4 heteroatoms. The number of benzene rings is 3. The maximum absolute atomic E-state index is 5.40. The van der Waals surface area contributed by atoms with E-state index in [9.17, 15) is 0 Å². The lowest BCUT2D eigenvalue weighted by atomic mass is 10.1. The molecule has 3 aromatic carbocycles. The Balaban J connectivity index is 0.000000248. The Kier molecular flexibility index (Phi) is 14.4. The predicted octanol–water partition coefficient (Wildman–Crippen LogP) is 7.01. The summed E-state index contributed by atoms with van der Waals surface area (Å²) in [6.45, 7) is 7.44. The Hall–Kier alpha value is -2.82. The maximum atomic E-state index is 5.40. The van der Waals surface area contributed by atoms with Crippen LogP contribution in [0.2, 0.25) is 0 Å². The van der Waals surface area contributed by atoms with E-state index < -0.39 is 0 Å². The molecule has 0 aliphatic carbocycles. The van der Waals surface area contributed by atoms with Crippen LogP contribution < -0.4 is 9.47 Å². The highest BCUT2D eigenvalue weighted by molar-refractivity contribution is 5.22. The average Bonchev–Trinajstić information content (AvgIpc) is 3.79. The van der Waals surface area contributed by atoms with E-state index in [2.05, 4.69) is 38.1 Å². The Bertz CT molecular complexity index is 783. The standard InChI is InChI=1S/C10H14.2C9H10O2.2CH4/c1-3-9-5-7-10(4-2)8-6-9;2*1-2-4-8(5-3-1)10-6-9-7-11-9;;/h5-8H,3-4H2,1-2H3;2*1-5,9H,6-7H2;2*1H4. The second kappa shape index (κ2) is 16.7. The minimum absolute atomic E-state index is 0. The van der Waals surface area contributed by atoms with Crippen LogP contribution >= 0.6 is 0 Å². The molecule has 2 heterocycles. The van der Waals surface area contributed by atoms with Crippen molar-refractivity contribution in [1.29, 1.82) is 0 Å². The number of hydrogen-bond donors (Lipinski definition) is 0. The SMILES string of the molecule is C.C.CCc1ccc(CC)cc1.c1ccc(OCC2CO2)cc1.c1ccc(OCC2CO2)cc1. The van der Waals surface area contributed by atoms with Gasteiger partial charge in [-0.15, -0.1) is 0 Å². The van der Waals surface area contributed by atoms with Crippen LogP contribution in [0.4, 0.5) is 0 Å². The molecule has 2 unspecified atom stereocenters. The molecule has 0 N–H and O–H groups in total. The van der Waals surface area contributed by atoms with Crippen LogP contribution in [-0.2, 0) is 22.3 Å². The summed E-state index contributed by atoms with van der Waals surface area (Å²) >= 11 is 0. The van der Waals surface area contributed by atoms with E-state index in [1.54, 1.807) is 0 Å². The number of rotatable bonds is 8. The Morgan fingerprint density at radius 2 is 0.912 bits per heavy atom. The van der Waals surface area contributed by atoms with Gasteiger partial charge in [0, 0.05) is 0 Å². The van der Waals surface area contributed by atoms with Gasteiger partial charge in [-0.05, 0) is 48.2 Å². The molecule has 4 nitrogen and oxygen atoms in total. The van der Waals surface area contributed by atoms with E-state index in [1.165, 1.54) is 11.1 Å². The highest BCUT2D eigenvalue weighted by Gasteiger charge is 2.23. The van der Waals surface area contributed by atoms with E-state index in [4.69, 9.17) is 18.9 Å². The molecule has 2 atom stereocenters. The molecule has 0 spiro atoms. The quantitative estimate of drug-likeness (QED) is 0.335. The van der Waals surface area contributed by atoms with Crippen molar-refractivity contribution in [3.05, 3.63) is 96.1 Å². The predicted molar refractivity (Wildman–Crippen MR) is 142 cm³/mol. The van der Waals surface area contributed by atoms with Crippen molar-refractivity contribution in [2.24, 2.45) is 0 Å². The molecule has 0 saturated carbocycles. The number of hydrogen-bond acceptors (Lipinski definition) is 4. The van der Waals surface area contributed by atoms with Crippen molar-refractivity contribution in [3.8, 4) is 11.5 Å². The fourth-order valence-electron chi connectivity index (χ4n) is 2.75. The van der Waals surface area contributed by atoms with Crippen LogP contribution in [0.25, 0.3) is 0 Å². The third kappa shape index (κ3) is 12.4. The molecule has 34 heavy (non-hydrogen) atoms. The lowest BCUT2D eigenvalue weighted by molar-refractivity contribution is 0.263. The van der Waals surface area contributed by atoms with Crippen molar-refractivity contribution in [2.45, 2.75) is 53.8 Å². The van der Waals surface area contributed by atoms with E-state index in [0.29, 0.717) is 25.4 Å². The molecule has 0 amide bonds. The van der Waals surface area contributed by atoms with E-state index in [0.717, 1.165) is 37.6 Å². The minimum Gasteiger partial charge on any atom is -0.491 e. The summed E-state index contributed by atoms with van der Waals surface area (Å²) in [6, 6.07) is 28.4. The highest BCUT2D eigenvalue weighted by atomic mass is 16.6. The molecular formula is C30H42O4. The third-order valence-electron chi connectivity index (χ3n) is 5.00. The summed E-state index contributed by atoms with van der Waals surface area (Å²) in [4.78, 5) is 0. The first kappa shape index (κ1) is 29.2. The van der Waals surface area contributed by atoms with Gasteiger partial charge in [-0.25, -0.2) is 0 Å². The maximum Gasteiger partial charge on any atom is 0.119 e. The molecule has 2 fully saturated rings. The Morgan fingerprint density at radius 1 is 0.588 bits per heavy atom. The van der Waals surface area contributed by atoms with Crippen molar-refractivity contribution >= 4 is 0 Å². The molecule has 0 aromatic heterocycles. The minimum atomic E-state index is 0. The smallest absolute Gasteiger partial charge is 0.119 e. The van der Waals surface area contributed by atoms with E-state index >= 15 is 0 Å². The molecule has 5 rings (SSSR count). The molecule has 2 aliphatic heterocycles. The molecule has 0 radical (unpaired) electrons. The fourth-order valence-corrected chi connectivity index (χ4v) is 2.75. The zero-order valence-electron chi connectivity index (χ0n) is 19.1. The number of ether oxygens (including phenoxy) is 4. The van der Waals surface area contributed by atoms with Crippen LogP contribution in [0.1, 0.15) is 39.8 Å². The zero-order valence-corrected chi connectivity index (χ0v) is 19.1. The van der Waals surface area contributed by atoms with Crippen LogP contribution in [-0.4, -0.2) is 38.6 Å². The monoisotopic (exact) mass is 466 g/mol. The lowest BCUT2D eigenvalue weighted by Gasteiger charge is -2.01. The fraction of sp³-hybridized carbons (Fsp3) is 0.400. The van der Waals surface area contributed by atoms with Gasteiger partial charge in [0.2, 0.25) is 0 Å². The summed E-state index contributed by atoms with van der Waals surface area (Å²) in [5.74, 6) is 1.84. The first-order chi connectivity index (χ1) is 15.8. The molecule has 2 saturated heterocycles. The first-order valence-electron chi connectivity index (χ1n) is 11.4. The lowest BCUT2D eigenvalue weighted by Crippen LogP contribution is -2.03. The molecule has 3 aromatic rings.